The van der Waals surface area contributed by atoms with Gasteiger partial charge in [-0.2, -0.15) is 5.10 Å². The van der Waals surface area contributed by atoms with Gasteiger partial charge in [0, 0.05) is 37.3 Å². The third kappa shape index (κ3) is 5.19. The quantitative estimate of drug-likeness (QED) is 0.370. The van der Waals surface area contributed by atoms with Crippen molar-refractivity contribution in [1.82, 2.24) is 24.4 Å². The topological polar surface area (TPSA) is 110 Å². The van der Waals surface area contributed by atoms with Crippen LogP contribution in [0.4, 0.5) is 5.82 Å². The van der Waals surface area contributed by atoms with E-state index < -0.39 is 10.0 Å². The Hall–Kier alpha value is -3.80. The molecule has 0 saturated carbocycles. The van der Waals surface area contributed by atoms with Crippen molar-refractivity contribution in [1.29, 1.82) is 0 Å². The number of morpholine rings is 1. The lowest BCUT2D eigenvalue weighted by atomic mass is 10.1. The SMILES string of the molecule is Cc1cc(C)n(-c2ccc(CCNS(=O)(=O)c3cc4ccccc4nc3N3CCN4C(=O)COCC4C3)cc2)n1. The van der Waals surface area contributed by atoms with Gasteiger partial charge in [0.25, 0.3) is 0 Å². The molecule has 0 radical (unpaired) electrons. The molecule has 2 saturated heterocycles. The second kappa shape index (κ2) is 10.6. The number of sulfonamides is 1. The number of rotatable bonds is 7. The molecule has 40 heavy (non-hydrogen) atoms. The number of benzene rings is 2. The molecule has 4 heterocycles. The molecule has 6 rings (SSSR count). The number of hydrogen-bond donors (Lipinski definition) is 1. The molecular formula is C29H32N6O4S. The summed E-state index contributed by atoms with van der Waals surface area (Å²) in [5.74, 6) is 0.373. The van der Waals surface area contributed by atoms with Crippen molar-refractivity contribution in [3.63, 3.8) is 0 Å². The fourth-order valence-electron chi connectivity index (χ4n) is 5.50. The van der Waals surface area contributed by atoms with Crippen LogP contribution >= 0.6 is 0 Å². The van der Waals surface area contributed by atoms with Crippen molar-refractivity contribution in [3.05, 3.63) is 77.6 Å². The van der Waals surface area contributed by atoms with Crippen LogP contribution in [-0.4, -0.2) is 79.4 Å². The van der Waals surface area contributed by atoms with Gasteiger partial charge in [-0.1, -0.05) is 30.3 Å². The summed E-state index contributed by atoms with van der Waals surface area (Å²) >= 11 is 0. The molecule has 2 fully saturated rings. The molecular weight excluding hydrogens is 528 g/mol. The van der Waals surface area contributed by atoms with Crippen LogP contribution in [0.1, 0.15) is 17.0 Å². The summed E-state index contributed by atoms with van der Waals surface area (Å²) in [6.45, 7) is 6.20. The molecule has 1 unspecified atom stereocenters. The molecule has 2 aromatic carbocycles. The number of nitrogens with one attached hydrogen (secondary N) is 1. The van der Waals surface area contributed by atoms with Crippen LogP contribution in [0.3, 0.4) is 0 Å². The number of aromatic nitrogens is 3. The number of amides is 1. The van der Waals surface area contributed by atoms with Crippen LogP contribution in [0.2, 0.25) is 0 Å². The molecule has 0 aliphatic carbocycles. The van der Waals surface area contributed by atoms with E-state index in [4.69, 9.17) is 9.72 Å². The van der Waals surface area contributed by atoms with E-state index >= 15 is 0 Å². The first-order chi connectivity index (χ1) is 19.3. The van der Waals surface area contributed by atoms with Crippen LogP contribution in [0, 0.1) is 13.8 Å². The zero-order valence-electron chi connectivity index (χ0n) is 22.6. The van der Waals surface area contributed by atoms with E-state index in [1.54, 1.807) is 6.07 Å². The highest BCUT2D eigenvalue weighted by molar-refractivity contribution is 7.89. The Kier molecular flexibility index (Phi) is 7.03. The Morgan fingerprint density at radius 1 is 1.05 bits per heavy atom. The van der Waals surface area contributed by atoms with Gasteiger partial charge in [0.2, 0.25) is 15.9 Å². The minimum Gasteiger partial charge on any atom is -0.369 e. The van der Waals surface area contributed by atoms with Gasteiger partial charge in [0.1, 0.15) is 17.3 Å². The smallest absolute Gasteiger partial charge is 0.249 e. The number of pyridine rings is 1. The van der Waals surface area contributed by atoms with Gasteiger partial charge in [-0.15, -0.1) is 0 Å². The minimum absolute atomic E-state index is 0.0280. The molecule has 208 valence electrons. The number of hydrogen-bond acceptors (Lipinski definition) is 7. The van der Waals surface area contributed by atoms with Crippen molar-refractivity contribution < 1.29 is 17.9 Å². The van der Waals surface area contributed by atoms with Crippen molar-refractivity contribution in [2.45, 2.75) is 31.2 Å². The summed E-state index contributed by atoms with van der Waals surface area (Å²) in [5.41, 5.74) is 4.72. The Morgan fingerprint density at radius 3 is 2.62 bits per heavy atom. The molecule has 1 amide bonds. The lowest BCUT2D eigenvalue weighted by Gasteiger charge is -2.44. The molecule has 2 aromatic heterocycles. The van der Waals surface area contributed by atoms with Crippen molar-refractivity contribution in [2.24, 2.45) is 0 Å². The average molecular weight is 561 g/mol. The predicted molar refractivity (Wildman–Crippen MR) is 152 cm³/mol. The molecule has 10 nitrogen and oxygen atoms in total. The fraction of sp³-hybridized carbons (Fsp3) is 0.345. The van der Waals surface area contributed by atoms with Gasteiger partial charge < -0.3 is 14.5 Å². The fourth-order valence-corrected chi connectivity index (χ4v) is 6.72. The number of fused-ring (bicyclic) bond motifs is 2. The van der Waals surface area contributed by atoms with E-state index in [0.717, 1.165) is 33.5 Å². The molecule has 11 heteroatoms. The molecule has 2 aliphatic rings. The number of ether oxygens (including phenoxy) is 1. The van der Waals surface area contributed by atoms with Gasteiger partial charge >= 0.3 is 0 Å². The maximum Gasteiger partial charge on any atom is 0.249 e. The Bertz CT molecular complexity index is 1670. The van der Waals surface area contributed by atoms with Crippen molar-refractivity contribution >= 4 is 32.7 Å². The van der Waals surface area contributed by atoms with E-state index in [1.807, 2.05) is 82.9 Å². The first-order valence-electron chi connectivity index (χ1n) is 13.4. The first-order valence-corrected chi connectivity index (χ1v) is 14.9. The third-order valence-corrected chi connectivity index (χ3v) is 8.96. The molecule has 0 bridgehead atoms. The normalized spacial score (nSPS) is 17.9. The van der Waals surface area contributed by atoms with Gasteiger partial charge in [-0.3, -0.25) is 4.79 Å². The first kappa shape index (κ1) is 26.4. The largest absolute Gasteiger partial charge is 0.369 e. The van der Waals surface area contributed by atoms with E-state index in [-0.39, 0.29) is 30.0 Å². The zero-order chi connectivity index (χ0) is 27.9. The minimum atomic E-state index is -3.88. The zero-order valence-corrected chi connectivity index (χ0v) is 23.4. The summed E-state index contributed by atoms with van der Waals surface area (Å²) in [7, 11) is -3.88. The standard InChI is InChI=1S/C29H32N6O4S/c1-20-15-21(2)35(32-20)24-9-7-22(8-10-24)11-12-30-40(37,38)27-16-23-5-3-4-6-26(23)31-29(27)33-13-14-34-25(17-33)18-39-19-28(34)36/h3-10,15-16,25,30H,11-14,17-19H2,1-2H3. The molecule has 0 spiro atoms. The van der Waals surface area contributed by atoms with Crippen LogP contribution in [-0.2, 0) is 26.0 Å². The number of carbonyl (C=O) groups excluding carboxylic acids is 1. The summed E-state index contributed by atoms with van der Waals surface area (Å²) in [6, 6.07) is 19.1. The second-order valence-corrected chi connectivity index (χ2v) is 12.1. The van der Waals surface area contributed by atoms with Crippen LogP contribution in [0.5, 0.6) is 0 Å². The van der Waals surface area contributed by atoms with Gasteiger partial charge in [-0.25, -0.2) is 22.8 Å². The second-order valence-electron chi connectivity index (χ2n) is 10.4. The monoisotopic (exact) mass is 560 g/mol. The molecule has 2 aliphatic heterocycles. The van der Waals surface area contributed by atoms with Crippen LogP contribution in [0.15, 0.2) is 65.6 Å². The predicted octanol–water partition coefficient (Wildman–Crippen LogP) is 2.61. The highest BCUT2D eigenvalue weighted by Gasteiger charge is 2.36. The van der Waals surface area contributed by atoms with E-state index in [2.05, 4.69) is 9.82 Å². The summed E-state index contributed by atoms with van der Waals surface area (Å²) < 4.78 is 37.5. The Balaban J connectivity index is 1.21. The number of piperazine rings is 1. The number of nitrogens with zero attached hydrogens (tertiary/aromatic N) is 5. The number of para-hydroxylation sites is 1. The molecule has 1 atom stereocenters. The van der Waals surface area contributed by atoms with Crippen molar-refractivity contribution in [2.75, 3.05) is 44.3 Å². The highest BCUT2D eigenvalue weighted by Crippen LogP contribution is 2.30. The van der Waals surface area contributed by atoms with Crippen molar-refractivity contribution in [3.8, 4) is 5.69 Å². The number of aryl methyl sites for hydroxylation is 2. The maximum absolute atomic E-state index is 13.7. The highest BCUT2D eigenvalue weighted by atomic mass is 32.2. The summed E-state index contributed by atoms with van der Waals surface area (Å²) in [5, 5.41) is 5.27. The lowest BCUT2D eigenvalue weighted by molar-refractivity contribution is -0.148. The van der Waals surface area contributed by atoms with E-state index in [9.17, 15) is 13.2 Å². The van der Waals surface area contributed by atoms with Gasteiger partial charge in [-0.05, 0) is 56.2 Å². The molecule has 1 N–H and O–H groups in total. The maximum atomic E-state index is 13.7. The Morgan fingerprint density at radius 2 is 1.85 bits per heavy atom. The van der Waals surface area contributed by atoms with Crippen LogP contribution in [0.25, 0.3) is 16.6 Å². The van der Waals surface area contributed by atoms with Gasteiger partial charge in [0.15, 0.2) is 0 Å². The summed E-state index contributed by atoms with van der Waals surface area (Å²) in [4.78, 5) is 21.0. The number of carbonyl (C=O) groups is 1. The lowest BCUT2D eigenvalue weighted by Crippen LogP contribution is -2.60. The number of anilines is 1. The average Bonchev–Trinajstić information content (AvgIpc) is 3.30. The van der Waals surface area contributed by atoms with E-state index in [0.29, 0.717) is 38.5 Å². The summed E-state index contributed by atoms with van der Waals surface area (Å²) in [6.07, 6.45) is 0.535. The van der Waals surface area contributed by atoms with Gasteiger partial charge in [0.05, 0.1) is 29.5 Å². The molecule has 4 aromatic rings. The Labute approximate surface area is 233 Å². The van der Waals surface area contributed by atoms with Crippen LogP contribution < -0.4 is 9.62 Å². The third-order valence-electron chi connectivity index (χ3n) is 7.49. The van der Waals surface area contributed by atoms with E-state index in [1.165, 1.54) is 0 Å².